The number of hydrogen-bond donors (Lipinski definition) is 2. The van der Waals surface area contributed by atoms with Crippen molar-refractivity contribution in [1.29, 1.82) is 0 Å². The molecule has 2 atom stereocenters. The smallest absolute Gasteiger partial charge is 0.307 e. The van der Waals surface area contributed by atoms with E-state index >= 15 is 0 Å². The molecule has 116 valence electrons. The van der Waals surface area contributed by atoms with Gasteiger partial charge in [0.1, 0.15) is 0 Å². The molecular weight excluding hydrogens is 256 g/mol. The van der Waals surface area contributed by atoms with Gasteiger partial charge in [0.15, 0.2) is 0 Å². The van der Waals surface area contributed by atoms with Gasteiger partial charge < -0.3 is 10.2 Å². The molecule has 4 nitrogen and oxygen atoms in total. The molecule has 0 aliphatic rings. The van der Waals surface area contributed by atoms with E-state index in [4.69, 9.17) is 10.2 Å². The summed E-state index contributed by atoms with van der Waals surface area (Å²) in [6, 6.07) is 0. The van der Waals surface area contributed by atoms with Gasteiger partial charge in [0, 0.05) is 0 Å². The summed E-state index contributed by atoms with van der Waals surface area (Å²) in [7, 11) is 0. The summed E-state index contributed by atoms with van der Waals surface area (Å²) in [6.07, 6.45) is 12.3. The third kappa shape index (κ3) is 8.73. The van der Waals surface area contributed by atoms with Gasteiger partial charge in [-0.2, -0.15) is 0 Å². The Morgan fingerprint density at radius 1 is 0.950 bits per heavy atom. The highest BCUT2D eigenvalue weighted by Gasteiger charge is 2.28. The van der Waals surface area contributed by atoms with Crippen molar-refractivity contribution in [3.8, 4) is 0 Å². The summed E-state index contributed by atoms with van der Waals surface area (Å²) in [4.78, 5) is 21.9. The van der Waals surface area contributed by atoms with Gasteiger partial charge in [-0.3, -0.25) is 9.59 Å². The molecule has 0 rings (SSSR count). The second-order valence-corrected chi connectivity index (χ2v) is 5.32. The molecule has 0 saturated heterocycles. The van der Waals surface area contributed by atoms with Crippen molar-refractivity contribution in [3.63, 3.8) is 0 Å². The van der Waals surface area contributed by atoms with Crippen molar-refractivity contribution in [3.05, 3.63) is 12.2 Å². The number of carbonyl (C=O) groups is 2. The van der Waals surface area contributed by atoms with E-state index in [0.717, 1.165) is 19.3 Å². The molecule has 0 aromatic carbocycles. The van der Waals surface area contributed by atoms with Crippen LogP contribution in [0.1, 0.15) is 65.2 Å². The van der Waals surface area contributed by atoms with E-state index in [-0.39, 0.29) is 0 Å². The van der Waals surface area contributed by atoms with Gasteiger partial charge in [0.05, 0.1) is 11.8 Å². The molecular formula is C16H28O4. The van der Waals surface area contributed by atoms with Crippen molar-refractivity contribution in [2.24, 2.45) is 11.8 Å². The Labute approximate surface area is 121 Å². The fourth-order valence-electron chi connectivity index (χ4n) is 2.14. The molecule has 0 aliphatic heterocycles. The van der Waals surface area contributed by atoms with Crippen LogP contribution >= 0.6 is 0 Å². The predicted molar refractivity (Wildman–Crippen MR) is 79.7 cm³/mol. The maximum absolute atomic E-state index is 11.0. The Balaban J connectivity index is 3.82. The van der Waals surface area contributed by atoms with Crippen molar-refractivity contribution < 1.29 is 19.8 Å². The highest BCUT2D eigenvalue weighted by atomic mass is 16.4. The van der Waals surface area contributed by atoms with Crippen LogP contribution in [0.25, 0.3) is 0 Å². The van der Waals surface area contributed by atoms with Gasteiger partial charge in [0.25, 0.3) is 0 Å². The zero-order valence-corrected chi connectivity index (χ0v) is 12.7. The first-order chi connectivity index (χ1) is 9.50. The maximum atomic E-state index is 11.0. The lowest BCUT2D eigenvalue weighted by Gasteiger charge is -2.15. The summed E-state index contributed by atoms with van der Waals surface area (Å²) >= 11 is 0. The first kappa shape index (κ1) is 18.7. The molecule has 0 aromatic heterocycles. The van der Waals surface area contributed by atoms with Crippen LogP contribution in [0.15, 0.2) is 12.2 Å². The highest BCUT2D eigenvalue weighted by molar-refractivity contribution is 5.79. The number of hydrogen-bond acceptors (Lipinski definition) is 2. The van der Waals surface area contributed by atoms with Gasteiger partial charge in [-0.15, -0.1) is 0 Å². The predicted octanol–water partition coefficient (Wildman–Crippen LogP) is 4.10. The van der Waals surface area contributed by atoms with Gasteiger partial charge in [-0.05, 0) is 32.1 Å². The highest BCUT2D eigenvalue weighted by Crippen LogP contribution is 2.19. The van der Waals surface area contributed by atoms with Gasteiger partial charge in [0.2, 0.25) is 0 Å². The number of allylic oxidation sites excluding steroid dienone is 2. The Hall–Kier alpha value is -1.32. The summed E-state index contributed by atoms with van der Waals surface area (Å²) in [5.41, 5.74) is 0. The number of aliphatic carboxylic acids is 2. The second-order valence-electron chi connectivity index (χ2n) is 5.32. The lowest BCUT2D eigenvalue weighted by atomic mass is 9.89. The molecule has 0 amide bonds. The maximum Gasteiger partial charge on any atom is 0.307 e. The molecule has 4 heteroatoms. The quantitative estimate of drug-likeness (QED) is 0.418. The minimum atomic E-state index is -1.04. The Kier molecular flexibility index (Phi) is 10.7. The first-order valence-corrected chi connectivity index (χ1v) is 7.61. The molecule has 0 saturated carbocycles. The minimum absolute atomic E-state index is 0.420. The third-order valence-electron chi connectivity index (χ3n) is 3.59. The third-order valence-corrected chi connectivity index (χ3v) is 3.59. The molecule has 0 heterocycles. The van der Waals surface area contributed by atoms with Crippen molar-refractivity contribution in [1.82, 2.24) is 0 Å². The molecule has 20 heavy (non-hydrogen) atoms. The fraction of sp³-hybridized carbons (Fsp3) is 0.750. The van der Waals surface area contributed by atoms with Crippen LogP contribution in [-0.2, 0) is 9.59 Å². The summed E-state index contributed by atoms with van der Waals surface area (Å²) in [5.74, 6) is -3.66. The van der Waals surface area contributed by atoms with Crippen LogP contribution in [0.4, 0.5) is 0 Å². The average molecular weight is 284 g/mol. The van der Waals surface area contributed by atoms with E-state index < -0.39 is 23.8 Å². The van der Waals surface area contributed by atoms with E-state index in [2.05, 4.69) is 19.1 Å². The Bertz CT molecular complexity index is 310. The van der Waals surface area contributed by atoms with E-state index in [1.165, 1.54) is 32.6 Å². The van der Waals surface area contributed by atoms with Crippen LogP contribution in [-0.4, -0.2) is 22.2 Å². The van der Waals surface area contributed by atoms with Crippen LogP contribution in [0.5, 0.6) is 0 Å². The monoisotopic (exact) mass is 284 g/mol. The van der Waals surface area contributed by atoms with Crippen molar-refractivity contribution in [2.45, 2.75) is 65.2 Å². The van der Waals surface area contributed by atoms with E-state index in [0.29, 0.717) is 6.42 Å². The minimum Gasteiger partial charge on any atom is -0.481 e. The molecule has 0 fully saturated rings. The summed E-state index contributed by atoms with van der Waals surface area (Å²) in [5, 5.41) is 17.9. The number of carboxylic acids is 2. The van der Waals surface area contributed by atoms with Crippen molar-refractivity contribution >= 4 is 11.9 Å². The number of unbranched alkanes of at least 4 members (excludes halogenated alkanes) is 5. The summed E-state index contributed by atoms with van der Waals surface area (Å²) < 4.78 is 0. The zero-order valence-electron chi connectivity index (χ0n) is 12.7. The van der Waals surface area contributed by atoms with Gasteiger partial charge >= 0.3 is 11.9 Å². The van der Waals surface area contributed by atoms with Gasteiger partial charge in [-0.1, -0.05) is 45.3 Å². The average Bonchev–Trinajstić information content (AvgIpc) is 2.39. The van der Waals surface area contributed by atoms with E-state index in [1.807, 2.05) is 0 Å². The lowest BCUT2D eigenvalue weighted by Crippen LogP contribution is -2.27. The van der Waals surface area contributed by atoms with Crippen LogP contribution in [0, 0.1) is 11.8 Å². The second kappa shape index (κ2) is 11.5. The normalized spacial score (nSPS) is 14.3. The van der Waals surface area contributed by atoms with Gasteiger partial charge in [-0.25, -0.2) is 0 Å². The zero-order chi connectivity index (χ0) is 15.4. The topological polar surface area (TPSA) is 74.6 Å². The van der Waals surface area contributed by atoms with Crippen LogP contribution < -0.4 is 0 Å². The number of carboxylic acid groups (broad SMARTS) is 2. The molecule has 0 aromatic rings. The lowest BCUT2D eigenvalue weighted by molar-refractivity contribution is -0.153. The van der Waals surface area contributed by atoms with E-state index in [1.54, 1.807) is 0 Å². The van der Waals surface area contributed by atoms with Crippen molar-refractivity contribution in [2.75, 3.05) is 0 Å². The molecule has 2 unspecified atom stereocenters. The summed E-state index contributed by atoms with van der Waals surface area (Å²) in [6.45, 7) is 3.65. The SMILES string of the molecule is CCCCCCC=CCCCC(C(=O)O)C(C)C(=O)O. The first-order valence-electron chi connectivity index (χ1n) is 7.61. The standard InChI is InChI=1S/C16H28O4/c1-3-4-5-6-7-8-9-10-11-12-14(16(19)20)13(2)15(17)18/h8-9,13-14H,3-7,10-12H2,1-2H3,(H,17,18)(H,19,20). The molecule has 0 radical (unpaired) electrons. The Morgan fingerprint density at radius 2 is 1.55 bits per heavy atom. The van der Waals surface area contributed by atoms with Crippen LogP contribution in [0.2, 0.25) is 0 Å². The molecule has 2 N–H and O–H groups in total. The van der Waals surface area contributed by atoms with Crippen LogP contribution in [0.3, 0.4) is 0 Å². The fourth-order valence-corrected chi connectivity index (χ4v) is 2.14. The largest absolute Gasteiger partial charge is 0.481 e. The molecule has 0 bridgehead atoms. The molecule has 0 aliphatic carbocycles. The Morgan fingerprint density at radius 3 is 2.05 bits per heavy atom. The molecule has 0 spiro atoms. The number of rotatable bonds is 12. The van der Waals surface area contributed by atoms with E-state index in [9.17, 15) is 9.59 Å².